The maximum absolute atomic E-state index is 14.3. The third-order valence-electron chi connectivity index (χ3n) is 9.82. The molecule has 2 aliphatic carbocycles. The fraction of sp³-hybridized carbons (Fsp3) is 0.567. The Bertz CT molecular complexity index is 1210. The third-order valence-corrected chi connectivity index (χ3v) is 9.82. The van der Waals surface area contributed by atoms with Crippen molar-refractivity contribution in [3.8, 4) is 5.75 Å². The van der Waals surface area contributed by atoms with Gasteiger partial charge < -0.3 is 25.8 Å². The minimum atomic E-state index is -1.49. The number of hydrogen-bond donors (Lipinski definition) is 3. The minimum Gasteiger partial charge on any atom is -0.493 e. The van der Waals surface area contributed by atoms with Gasteiger partial charge in [0.2, 0.25) is 0 Å². The summed E-state index contributed by atoms with van der Waals surface area (Å²) in [5, 5.41) is 15.9. The number of nitrogens with two attached hydrogens (primary N) is 1. The minimum absolute atomic E-state index is 0.0533. The van der Waals surface area contributed by atoms with Crippen LogP contribution in [0.3, 0.4) is 0 Å². The number of fused-ring (bicyclic) bond motifs is 3. The molecule has 0 spiro atoms. The van der Waals surface area contributed by atoms with Gasteiger partial charge in [0.1, 0.15) is 11.9 Å². The second kappa shape index (κ2) is 8.30. The quantitative estimate of drug-likeness (QED) is 0.602. The zero-order valence-electron chi connectivity index (χ0n) is 21.0. The number of ether oxygens (including phenoxy) is 1. The molecule has 5 aliphatic rings. The van der Waals surface area contributed by atoms with E-state index >= 15 is 0 Å². The summed E-state index contributed by atoms with van der Waals surface area (Å²) in [5.41, 5.74) is 10.6. The average Bonchev–Trinajstić information content (AvgIpc) is 3.22. The summed E-state index contributed by atoms with van der Waals surface area (Å²) >= 11 is 0. The highest BCUT2D eigenvalue weighted by Gasteiger charge is 2.67. The molecule has 0 radical (unpaired) electrons. The molecular formula is C30H37N3O3. The maximum Gasteiger partial charge on any atom is 0.261 e. The van der Waals surface area contributed by atoms with Crippen molar-refractivity contribution in [3.63, 3.8) is 0 Å². The van der Waals surface area contributed by atoms with Gasteiger partial charge in [-0.3, -0.25) is 4.79 Å². The van der Waals surface area contributed by atoms with Crippen LogP contribution >= 0.6 is 0 Å². The third kappa shape index (κ3) is 3.30. The average molecular weight is 488 g/mol. The van der Waals surface area contributed by atoms with Crippen LogP contribution in [0.4, 0.5) is 0 Å². The molecular weight excluding hydrogens is 450 g/mol. The van der Waals surface area contributed by atoms with Gasteiger partial charge in [0.05, 0.1) is 12.1 Å². The summed E-state index contributed by atoms with van der Waals surface area (Å²) in [4.78, 5) is 16.2. The molecule has 4 atom stereocenters. The van der Waals surface area contributed by atoms with E-state index in [1.54, 1.807) is 0 Å². The molecule has 3 aliphatic heterocycles. The van der Waals surface area contributed by atoms with Crippen LogP contribution in [0, 0.1) is 11.8 Å². The molecule has 0 bridgehead atoms. The number of hydrogen-bond acceptors (Lipinski definition) is 5. The van der Waals surface area contributed by atoms with Crippen molar-refractivity contribution in [3.05, 3.63) is 64.2 Å². The van der Waals surface area contributed by atoms with E-state index in [-0.39, 0.29) is 17.4 Å². The van der Waals surface area contributed by atoms with Crippen molar-refractivity contribution in [2.45, 2.75) is 75.1 Å². The van der Waals surface area contributed by atoms with Crippen molar-refractivity contribution in [2.24, 2.45) is 17.6 Å². The summed E-state index contributed by atoms with van der Waals surface area (Å²) in [5.74, 6) is 1.25. The van der Waals surface area contributed by atoms with E-state index in [1.807, 2.05) is 4.90 Å². The normalized spacial score (nSPS) is 33.2. The van der Waals surface area contributed by atoms with Gasteiger partial charge in [-0.05, 0) is 66.3 Å². The molecule has 3 heterocycles. The van der Waals surface area contributed by atoms with Crippen LogP contribution in [-0.2, 0) is 29.7 Å². The number of rotatable bonds is 5. The lowest BCUT2D eigenvalue weighted by Gasteiger charge is -2.50. The molecule has 3 fully saturated rings. The van der Waals surface area contributed by atoms with E-state index in [0.29, 0.717) is 5.92 Å². The Balaban J connectivity index is 1.23. The number of nitrogens with one attached hydrogen (secondary N) is 1. The topological polar surface area (TPSA) is 87.8 Å². The summed E-state index contributed by atoms with van der Waals surface area (Å²) in [7, 11) is 0. The van der Waals surface area contributed by atoms with Gasteiger partial charge in [-0.15, -0.1) is 0 Å². The predicted octanol–water partition coefficient (Wildman–Crippen LogP) is 3.34. The molecule has 2 aromatic carbocycles. The number of benzene rings is 2. The van der Waals surface area contributed by atoms with Crippen LogP contribution < -0.4 is 15.8 Å². The first-order valence-electron chi connectivity index (χ1n) is 13.9. The van der Waals surface area contributed by atoms with Crippen molar-refractivity contribution in [1.29, 1.82) is 0 Å². The van der Waals surface area contributed by atoms with E-state index in [4.69, 9.17) is 10.5 Å². The van der Waals surface area contributed by atoms with E-state index in [2.05, 4.69) is 41.7 Å². The van der Waals surface area contributed by atoms with E-state index < -0.39 is 11.8 Å². The van der Waals surface area contributed by atoms with Gasteiger partial charge in [-0.1, -0.05) is 49.6 Å². The van der Waals surface area contributed by atoms with Crippen molar-refractivity contribution in [1.82, 2.24) is 10.2 Å². The van der Waals surface area contributed by atoms with Gasteiger partial charge >= 0.3 is 0 Å². The van der Waals surface area contributed by atoms with Gasteiger partial charge in [0.25, 0.3) is 5.91 Å². The Hall–Kier alpha value is -2.41. The standard InChI is InChI=1S/C30H37N3O3/c31-27-24-10-8-20(7-6-19-9-11-26-21(14-19)12-13-36-26)15-25(24)30(35,22-4-2-1-3-5-22)28(34)33(27)29-16-23(29)17-32-18-29/h8-11,14-15,22-23,27,32,35H,1-7,12-13,16-18,31H2/t23-,27?,29?,30?/m0/s1. The number of nitrogens with zero attached hydrogens (tertiary/aromatic N) is 1. The molecule has 2 saturated carbocycles. The Morgan fingerprint density at radius 2 is 1.83 bits per heavy atom. The highest BCUT2D eigenvalue weighted by Crippen LogP contribution is 2.57. The maximum atomic E-state index is 14.3. The molecule has 7 rings (SSSR count). The van der Waals surface area contributed by atoms with E-state index in [0.717, 1.165) is 93.5 Å². The Morgan fingerprint density at radius 3 is 2.58 bits per heavy atom. The van der Waals surface area contributed by atoms with Crippen LogP contribution in [0.1, 0.15) is 72.5 Å². The zero-order valence-corrected chi connectivity index (χ0v) is 21.0. The zero-order chi connectivity index (χ0) is 24.5. The molecule has 0 aromatic heterocycles. The van der Waals surface area contributed by atoms with Gasteiger partial charge in [-0.25, -0.2) is 0 Å². The number of amides is 1. The smallest absolute Gasteiger partial charge is 0.261 e. The first-order valence-corrected chi connectivity index (χ1v) is 13.9. The second-order valence-corrected chi connectivity index (χ2v) is 11.8. The molecule has 2 aromatic rings. The number of carbonyl (C=O) groups is 1. The molecule has 6 heteroatoms. The molecule has 4 N–H and O–H groups in total. The summed E-state index contributed by atoms with van der Waals surface area (Å²) in [6.07, 6.45) is 8.32. The monoisotopic (exact) mass is 487 g/mol. The van der Waals surface area contributed by atoms with E-state index in [1.165, 1.54) is 17.5 Å². The highest BCUT2D eigenvalue weighted by atomic mass is 16.5. The van der Waals surface area contributed by atoms with E-state index in [9.17, 15) is 9.90 Å². The van der Waals surface area contributed by atoms with Crippen molar-refractivity contribution in [2.75, 3.05) is 19.7 Å². The SMILES string of the molecule is NC1c2ccc(CCc3ccc4c(c3)CCO4)cc2C(O)(C2CCCCC2)C(=O)N1C12CNC[C@@H]1C2. The van der Waals surface area contributed by atoms with Crippen LogP contribution in [-0.4, -0.2) is 41.1 Å². The van der Waals surface area contributed by atoms with Gasteiger partial charge in [0.15, 0.2) is 5.60 Å². The Kier molecular flexibility index (Phi) is 5.25. The van der Waals surface area contributed by atoms with Crippen LogP contribution in [0.2, 0.25) is 0 Å². The second-order valence-electron chi connectivity index (χ2n) is 11.8. The highest BCUT2D eigenvalue weighted by molar-refractivity contribution is 5.91. The number of carbonyl (C=O) groups excluding carboxylic acids is 1. The molecule has 36 heavy (non-hydrogen) atoms. The summed E-state index contributed by atoms with van der Waals surface area (Å²) in [6.45, 7) is 2.48. The lowest BCUT2D eigenvalue weighted by molar-refractivity contribution is -0.171. The lowest BCUT2D eigenvalue weighted by Crippen LogP contribution is -2.63. The first-order chi connectivity index (χ1) is 17.5. The largest absolute Gasteiger partial charge is 0.493 e. The van der Waals surface area contributed by atoms with Crippen molar-refractivity contribution < 1.29 is 14.6 Å². The number of aliphatic hydroxyl groups is 1. The Morgan fingerprint density at radius 1 is 1.06 bits per heavy atom. The predicted molar refractivity (Wildman–Crippen MR) is 137 cm³/mol. The first kappa shape index (κ1) is 22.8. The summed E-state index contributed by atoms with van der Waals surface area (Å²) in [6, 6.07) is 12.8. The van der Waals surface area contributed by atoms with Gasteiger partial charge in [0, 0.05) is 31.0 Å². The van der Waals surface area contributed by atoms with Crippen LogP contribution in [0.5, 0.6) is 5.75 Å². The van der Waals surface area contributed by atoms with Crippen LogP contribution in [0.15, 0.2) is 36.4 Å². The van der Waals surface area contributed by atoms with Gasteiger partial charge in [-0.2, -0.15) is 0 Å². The lowest BCUT2D eigenvalue weighted by atomic mass is 9.68. The number of piperidine rings is 1. The summed E-state index contributed by atoms with van der Waals surface area (Å²) < 4.78 is 5.66. The molecule has 6 nitrogen and oxygen atoms in total. The fourth-order valence-corrected chi connectivity index (χ4v) is 7.68. The fourth-order valence-electron chi connectivity index (χ4n) is 7.68. The Labute approximate surface area is 213 Å². The molecule has 190 valence electrons. The molecule has 3 unspecified atom stereocenters. The number of aryl methyl sites for hydroxylation is 2. The van der Waals surface area contributed by atoms with Crippen molar-refractivity contribution >= 4 is 5.91 Å². The van der Waals surface area contributed by atoms with Crippen LogP contribution in [0.25, 0.3) is 0 Å². The molecule has 1 amide bonds. The molecule has 1 saturated heterocycles.